The van der Waals surface area contributed by atoms with Crippen molar-refractivity contribution in [3.8, 4) is 0 Å². The third-order valence-electron chi connectivity index (χ3n) is 5.79. The molecule has 18 heavy (non-hydrogen) atoms. The normalized spacial score (nSPS) is 42.2. The minimum atomic E-state index is 0.864. The summed E-state index contributed by atoms with van der Waals surface area (Å²) in [5, 5.41) is 3.64. The van der Waals surface area contributed by atoms with Crippen molar-refractivity contribution in [1.29, 1.82) is 0 Å². The molecule has 2 saturated heterocycles. The Hall–Kier alpha value is -0.0800. The second kappa shape index (κ2) is 5.50. The van der Waals surface area contributed by atoms with E-state index in [4.69, 9.17) is 0 Å². The first kappa shape index (κ1) is 12.9. The molecule has 3 fully saturated rings. The van der Waals surface area contributed by atoms with Gasteiger partial charge in [0.1, 0.15) is 0 Å². The van der Waals surface area contributed by atoms with Crippen LogP contribution in [-0.4, -0.2) is 36.6 Å². The topological polar surface area (TPSA) is 15.3 Å². The van der Waals surface area contributed by atoms with Gasteiger partial charge in [0, 0.05) is 18.6 Å². The zero-order chi connectivity index (χ0) is 12.5. The third-order valence-corrected chi connectivity index (χ3v) is 5.79. The van der Waals surface area contributed by atoms with Crippen molar-refractivity contribution in [3.05, 3.63) is 0 Å². The van der Waals surface area contributed by atoms with Gasteiger partial charge in [-0.25, -0.2) is 0 Å². The maximum Gasteiger partial charge on any atom is 0.0264 e. The Morgan fingerprint density at radius 2 is 1.78 bits per heavy atom. The van der Waals surface area contributed by atoms with Crippen LogP contribution < -0.4 is 5.32 Å². The Balaban J connectivity index is 1.74. The molecule has 3 rings (SSSR count). The summed E-state index contributed by atoms with van der Waals surface area (Å²) in [6.07, 6.45) is 8.78. The Labute approximate surface area is 113 Å². The van der Waals surface area contributed by atoms with Gasteiger partial charge in [0.15, 0.2) is 0 Å². The summed E-state index contributed by atoms with van der Waals surface area (Å²) in [5.74, 6) is 2.77. The number of piperidine rings is 1. The average molecular weight is 250 g/mol. The maximum atomic E-state index is 3.64. The zero-order valence-electron chi connectivity index (χ0n) is 12.2. The Morgan fingerprint density at radius 3 is 2.61 bits per heavy atom. The van der Waals surface area contributed by atoms with E-state index >= 15 is 0 Å². The molecule has 2 nitrogen and oxygen atoms in total. The number of rotatable bonds is 2. The van der Waals surface area contributed by atoms with Crippen LogP contribution in [-0.2, 0) is 0 Å². The van der Waals surface area contributed by atoms with Crippen LogP contribution in [0.3, 0.4) is 0 Å². The summed E-state index contributed by atoms with van der Waals surface area (Å²) in [6, 6.07) is 1.76. The molecule has 0 bridgehead atoms. The molecular formula is C16H30N2. The molecule has 2 heteroatoms. The minimum absolute atomic E-state index is 0.864. The molecule has 1 N–H and O–H groups in total. The van der Waals surface area contributed by atoms with Gasteiger partial charge in [-0.15, -0.1) is 0 Å². The highest BCUT2D eigenvalue weighted by Crippen LogP contribution is 2.38. The van der Waals surface area contributed by atoms with Crippen LogP contribution in [0.2, 0.25) is 0 Å². The van der Waals surface area contributed by atoms with Gasteiger partial charge in [-0.05, 0) is 56.5 Å². The minimum Gasteiger partial charge on any atom is -0.315 e. The molecule has 0 aromatic heterocycles. The van der Waals surface area contributed by atoms with E-state index in [0.717, 1.165) is 29.8 Å². The summed E-state index contributed by atoms with van der Waals surface area (Å²) >= 11 is 0. The number of nitrogens with one attached hydrogen (secondary N) is 1. The molecule has 0 aromatic rings. The number of fused-ring (bicyclic) bond motifs is 1. The molecule has 1 saturated carbocycles. The zero-order valence-corrected chi connectivity index (χ0v) is 12.2. The quantitative estimate of drug-likeness (QED) is 0.811. The summed E-state index contributed by atoms with van der Waals surface area (Å²) < 4.78 is 0. The van der Waals surface area contributed by atoms with Gasteiger partial charge in [-0.3, -0.25) is 4.90 Å². The standard InChI is InChI=1S/C16H30N2/c1-12(2)14-7-3-4-8-15(14)18-9-5-6-13-10-17-11-16(13)18/h12-17H,3-11H2,1-2H3. The number of hydrogen-bond donors (Lipinski definition) is 1. The molecule has 0 amide bonds. The molecule has 2 aliphatic heterocycles. The Morgan fingerprint density at radius 1 is 0.944 bits per heavy atom. The van der Waals surface area contributed by atoms with Gasteiger partial charge in [-0.2, -0.15) is 0 Å². The smallest absolute Gasteiger partial charge is 0.0264 e. The molecular weight excluding hydrogens is 220 g/mol. The Kier molecular flexibility index (Phi) is 3.95. The van der Waals surface area contributed by atoms with E-state index in [1.807, 2.05) is 0 Å². The van der Waals surface area contributed by atoms with Crippen molar-refractivity contribution >= 4 is 0 Å². The van der Waals surface area contributed by atoms with E-state index in [2.05, 4.69) is 24.1 Å². The predicted molar refractivity (Wildman–Crippen MR) is 76.7 cm³/mol. The second-order valence-corrected chi connectivity index (χ2v) is 7.13. The van der Waals surface area contributed by atoms with E-state index in [-0.39, 0.29) is 0 Å². The van der Waals surface area contributed by atoms with E-state index in [0.29, 0.717) is 0 Å². The first-order chi connectivity index (χ1) is 8.77. The lowest BCUT2D eigenvalue weighted by Gasteiger charge is -2.48. The van der Waals surface area contributed by atoms with Crippen LogP contribution in [0.25, 0.3) is 0 Å². The summed E-state index contributed by atoms with van der Waals surface area (Å²) in [7, 11) is 0. The molecule has 3 aliphatic rings. The highest BCUT2D eigenvalue weighted by atomic mass is 15.2. The molecule has 4 atom stereocenters. The van der Waals surface area contributed by atoms with Gasteiger partial charge in [-0.1, -0.05) is 26.7 Å². The van der Waals surface area contributed by atoms with Crippen molar-refractivity contribution in [2.75, 3.05) is 19.6 Å². The Bertz CT molecular complexity index is 270. The average Bonchev–Trinajstić information content (AvgIpc) is 2.86. The van der Waals surface area contributed by atoms with E-state index in [9.17, 15) is 0 Å². The van der Waals surface area contributed by atoms with Crippen LogP contribution in [0.4, 0.5) is 0 Å². The highest BCUT2D eigenvalue weighted by molar-refractivity contribution is 4.97. The lowest BCUT2D eigenvalue weighted by Crippen LogP contribution is -2.54. The summed E-state index contributed by atoms with van der Waals surface area (Å²) in [5.41, 5.74) is 0. The lowest BCUT2D eigenvalue weighted by atomic mass is 9.75. The van der Waals surface area contributed by atoms with E-state index in [1.54, 1.807) is 0 Å². The van der Waals surface area contributed by atoms with Crippen molar-refractivity contribution in [1.82, 2.24) is 10.2 Å². The maximum absolute atomic E-state index is 3.64. The molecule has 0 spiro atoms. The van der Waals surface area contributed by atoms with Gasteiger partial charge >= 0.3 is 0 Å². The highest BCUT2D eigenvalue weighted by Gasteiger charge is 2.41. The third kappa shape index (κ3) is 2.34. The van der Waals surface area contributed by atoms with Gasteiger partial charge in [0.2, 0.25) is 0 Å². The fraction of sp³-hybridized carbons (Fsp3) is 1.00. The fourth-order valence-electron chi connectivity index (χ4n) is 4.84. The molecule has 4 unspecified atom stereocenters. The molecule has 1 aliphatic carbocycles. The van der Waals surface area contributed by atoms with Crippen LogP contribution >= 0.6 is 0 Å². The second-order valence-electron chi connectivity index (χ2n) is 7.13. The van der Waals surface area contributed by atoms with E-state index in [1.165, 1.54) is 58.2 Å². The van der Waals surface area contributed by atoms with Crippen LogP contribution in [0.5, 0.6) is 0 Å². The molecule has 2 heterocycles. The summed E-state index contributed by atoms with van der Waals surface area (Å²) in [6.45, 7) is 8.79. The number of hydrogen-bond acceptors (Lipinski definition) is 2. The number of likely N-dealkylation sites (tertiary alicyclic amines) is 1. The summed E-state index contributed by atoms with van der Waals surface area (Å²) in [4.78, 5) is 2.93. The largest absolute Gasteiger partial charge is 0.315 e. The van der Waals surface area contributed by atoms with Gasteiger partial charge in [0.25, 0.3) is 0 Å². The molecule has 104 valence electrons. The molecule has 0 aromatic carbocycles. The lowest BCUT2D eigenvalue weighted by molar-refractivity contribution is 0.0137. The van der Waals surface area contributed by atoms with Crippen LogP contribution in [0.1, 0.15) is 52.4 Å². The van der Waals surface area contributed by atoms with E-state index < -0.39 is 0 Å². The van der Waals surface area contributed by atoms with Gasteiger partial charge in [0.05, 0.1) is 0 Å². The van der Waals surface area contributed by atoms with Crippen LogP contribution in [0, 0.1) is 17.8 Å². The first-order valence-corrected chi connectivity index (χ1v) is 8.24. The monoisotopic (exact) mass is 250 g/mol. The van der Waals surface area contributed by atoms with Gasteiger partial charge < -0.3 is 5.32 Å². The molecule has 0 radical (unpaired) electrons. The van der Waals surface area contributed by atoms with Crippen LogP contribution in [0.15, 0.2) is 0 Å². The fourth-order valence-corrected chi connectivity index (χ4v) is 4.84. The predicted octanol–water partition coefficient (Wildman–Crippen LogP) is 2.89. The SMILES string of the molecule is CC(C)C1CCCCC1N1CCCC2CNCC21. The van der Waals surface area contributed by atoms with Crippen molar-refractivity contribution in [3.63, 3.8) is 0 Å². The van der Waals surface area contributed by atoms with Crippen molar-refractivity contribution in [2.45, 2.75) is 64.5 Å². The first-order valence-electron chi connectivity index (χ1n) is 8.24. The van der Waals surface area contributed by atoms with Crippen molar-refractivity contribution in [2.24, 2.45) is 17.8 Å². The number of nitrogens with zero attached hydrogens (tertiary/aromatic N) is 1. The van der Waals surface area contributed by atoms with Crippen molar-refractivity contribution < 1.29 is 0 Å².